The van der Waals surface area contributed by atoms with Crippen LogP contribution in [0.1, 0.15) is 29.6 Å². The Bertz CT molecular complexity index is 859. The minimum absolute atomic E-state index is 0.107. The number of aromatic nitrogens is 1. The standard InChI is InChI=1S/C21H28N4O2/c1-22-9-12-25-18-8-11-24(14-17(18)5-6-20(25)26)21(27)16-4-3-15-7-10-23(2)19(15)13-16/h3-4,7,10,13,17-18,22H,5-6,8-9,11-12,14H2,1-2H3/t17-,18+/m0/s1. The van der Waals surface area contributed by atoms with Crippen LogP contribution in [0.4, 0.5) is 0 Å². The van der Waals surface area contributed by atoms with Crippen molar-refractivity contribution in [3.63, 3.8) is 0 Å². The molecule has 2 fully saturated rings. The van der Waals surface area contributed by atoms with Gasteiger partial charge in [-0.3, -0.25) is 9.59 Å². The summed E-state index contributed by atoms with van der Waals surface area (Å²) in [4.78, 5) is 29.5. The van der Waals surface area contributed by atoms with Crippen LogP contribution < -0.4 is 5.32 Å². The molecular formula is C21H28N4O2. The SMILES string of the molecule is CNCCN1C(=O)CC[C@H]2CN(C(=O)c3ccc4ccn(C)c4c3)CC[C@H]21. The molecule has 2 atom stereocenters. The number of carbonyl (C=O) groups excluding carboxylic acids is 2. The number of piperidine rings is 2. The number of nitrogens with one attached hydrogen (secondary N) is 1. The van der Waals surface area contributed by atoms with E-state index < -0.39 is 0 Å². The van der Waals surface area contributed by atoms with Crippen LogP contribution in [0, 0.1) is 5.92 Å². The molecule has 2 amide bonds. The first-order valence-electron chi connectivity index (χ1n) is 9.87. The first-order chi connectivity index (χ1) is 13.1. The van der Waals surface area contributed by atoms with Gasteiger partial charge in [0.2, 0.25) is 5.91 Å². The lowest BCUT2D eigenvalue weighted by atomic mass is 9.83. The molecule has 144 valence electrons. The maximum absolute atomic E-state index is 13.1. The van der Waals surface area contributed by atoms with Gasteiger partial charge in [0, 0.05) is 63.0 Å². The lowest BCUT2D eigenvalue weighted by Crippen LogP contribution is -2.57. The molecule has 6 nitrogen and oxygen atoms in total. The maximum Gasteiger partial charge on any atom is 0.253 e. The number of hydrogen-bond donors (Lipinski definition) is 1. The van der Waals surface area contributed by atoms with Gasteiger partial charge < -0.3 is 19.7 Å². The van der Waals surface area contributed by atoms with E-state index in [-0.39, 0.29) is 17.9 Å². The zero-order chi connectivity index (χ0) is 19.0. The van der Waals surface area contributed by atoms with Crippen LogP contribution in [-0.4, -0.2) is 65.4 Å². The predicted octanol–water partition coefficient (Wildman–Crippen LogP) is 1.85. The normalized spacial score (nSPS) is 23.0. The van der Waals surface area contributed by atoms with Gasteiger partial charge in [0.25, 0.3) is 5.91 Å². The highest BCUT2D eigenvalue weighted by molar-refractivity contribution is 5.98. The second-order valence-corrected chi connectivity index (χ2v) is 7.80. The molecule has 27 heavy (non-hydrogen) atoms. The Morgan fingerprint density at radius 1 is 1.26 bits per heavy atom. The van der Waals surface area contributed by atoms with E-state index in [9.17, 15) is 9.59 Å². The number of fused-ring (bicyclic) bond motifs is 2. The Morgan fingerprint density at radius 3 is 2.93 bits per heavy atom. The quantitative estimate of drug-likeness (QED) is 0.896. The monoisotopic (exact) mass is 368 g/mol. The van der Waals surface area contributed by atoms with Gasteiger partial charge in [-0.05, 0) is 49.4 Å². The number of benzene rings is 1. The lowest BCUT2D eigenvalue weighted by molar-refractivity contribution is -0.140. The number of rotatable bonds is 4. The summed E-state index contributed by atoms with van der Waals surface area (Å²) in [6.45, 7) is 3.04. The van der Waals surface area contributed by atoms with Gasteiger partial charge in [-0.2, -0.15) is 0 Å². The van der Waals surface area contributed by atoms with Crippen molar-refractivity contribution in [2.75, 3.05) is 33.2 Å². The van der Waals surface area contributed by atoms with Crippen molar-refractivity contribution in [3.05, 3.63) is 36.0 Å². The fraction of sp³-hybridized carbons (Fsp3) is 0.524. The van der Waals surface area contributed by atoms with E-state index in [1.807, 2.05) is 52.9 Å². The molecule has 6 heteroatoms. The smallest absolute Gasteiger partial charge is 0.253 e. The van der Waals surface area contributed by atoms with Crippen LogP contribution in [-0.2, 0) is 11.8 Å². The van der Waals surface area contributed by atoms with Crippen LogP contribution in [0.2, 0.25) is 0 Å². The third-order valence-electron chi connectivity index (χ3n) is 6.17. The van der Waals surface area contributed by atoms with E-state index in [2.05, 4.69) is 11.4 Å². The van der Waals surface area contributed by atoms with E-state index in [0.717, 1.165) is 48.9 Å². The summed E-state index contributed by atoms with van der Waals surface area (Å²) in [6.07, 6.45) is 4.38. The molecular weight excluding hydrogens is 340 g/mol. The predicted molar refractivity (Wildman–Crippen MR) is 106 cm³/mol. The fourth-order valence-corrected chi connectivity index (χ4v) is 4.64. The maximum atomic E-state index is 13.1. The van der Waals surface area contributed by atoms with E-state index in [4.69, 9.17) is 0 Å². The number of amides is 2. The van der Waals surface area contributed by atoms with Gasteiger partial charge >= 0.3 is 0 Å². The Labute approximate surface area is 160 Å². The fourth-order valence-electron chi connectivity index (χ4n) is 4.64. The minimum Gasteiger partial charge on any atom is -0.351 e. The van der Waals surface area contributed by atoms with Crippen molar-refractivity contribution in [2.45, 2.75) is 25.3 Å². The number of likely N-dealkylation sites (N-methyl/N-ethyl adjacent to an activating group) is 1. The van der Waals surface area contributed by atoms with Crippen LogP contribution in [0.15, 0.2) is 30.5 Å². The topological polar surface area (TPSA) is 57.6 Å². The van der Waals surface area contributed by atoms with Crippen molar-refractivity contribution < 1.29 is 9.59 Å². The molecule has 0 radical (unpaired) electrons. The molecule has 1 N–H and O–H groups in total. The molecule has 2 aliphatic rings. The number of likely N-dealkylation sites (tertiary alicyclic amines) is 2. The Kier molecular flexibility index (Phi) is 4.91. The van der Waals surface area contributed by atoms with Gasteiger partial charge in [0.05, 0.1) is 0 Å². The van der Waals surface area contributed by atoms with Crippen molar-refractivity contribution in [1.29, 1.82) is 0 Å². The summed E-state index contributed by atoms with van der Waals surface area (Å²) in [5, 5.41) is 4.29. The van der Waals surface area contributed by atoms with E-state index >= 15 is 0 Å². The number of aryl methyl sites for hydroxylation is 1. The molecule has 0 unspecified atom stereocenters. The molecule has 3 heterocycles. The highest BCUT2D eigenvalue weighted by Gasteiger charge is 2.40. The zero-order valence-corrected chi connectivity index (χ0v) is 16.1. The van der Waals surface area contributed by atoms with Gasteiger partial charge in [-0.15, -0.1) is 0 Å². The average Bonchev–Trinajstić information content (AvgIpc) is 3.06. The zero-order valence-electron chi connectivity index (χ0n) is 16.1. The summed E-state index contributed by atoms with van der Waals surface area (Å²) in [6, 6.07) is 8.29. The van der Waals surface area contributed by atoms with Crippen molar-refractivity contribution >= 4 is 22.7 Å². The van der Waals surface area contributed by atoms with Crippen LogP contribution in [0.3, 0.4) is 0 Å². The van der Waals surface area contributed by atoms with E-state index in [1.54, 1.807) is 0 Å². The molecule has 2 saturated heterocycles. The molecule has 0 aliphatic carbocycles. The highest BCUT2D eigenvalue weighted by atomic mass is 16.2. The van der Waals surface area contributed by atoms with Crippen LogP contribution >= 0.6 is 0 Å². The average molecular weight is 368 g/mol. The van der Waals surface area contributed by atoms with E-state index in [0.29, 0.717) is 18.9 Å². The summed E-state index contributed by atoms with van der Waals surface area (Å²) in [5.74, 6) is 0.756. The molecule has 4 rings (SSSR count). The Hall–Kier alpha value is -2.34. The van der Waals surface area contributed by atoms with Gasteiger partial charge in [-0.25, -0.2) is 0 Å². The Morgan fingerprint density at radius 2 is 2.11 bits per heavy atom. The number of carbonyl (C=O) groups is 2. The molecule has 0 spiro atoms. The molecule has 0 bridgehead atoms. The van der Waals surface area contributed by atoms with E-state index in [1.165, 1.54) is 0 Å². The van der Waals surface area contributed by atoms with Crippen LogP contribution in [0.25, 0.3) is 10.9 Å². The second-order valence-electron chi connectivity index (χ2n) is 7.80. The van der Waals surface area contributed by atoms with Gasteiger partial charge in [0.15, 0.2) is 0 Å². The minimum atomic E-state index is 0.107. The first-order valence-corrected chi connectivity index (χ1v) is 9.87. The van der Waals surface area contributed by atoms with Crippen molar-refractivity contribution in [3.8, 4) is 0 Å². The summed E-state index contributed by atoms with van der Waals surface area (Å²) < 4.78 is 2.05. The number of hydrogen-bond acceptors (Lipinski definition) is 3. The van der Waals surface area contributed by atoms with Gasteiger partial charge in [0.1, 0.15) is 0 Å². The molecule has 0 saturated carbocycles. The highest BCUT2D eigenvalue weighted by Crippen LogP contribution is 2.32. The molecule has 2 aromatic rings. The Balaban J connectivity index is 1.49. The summed E-state index contributed by atoms with van der Waals surface area (Å²) in [7, 11) is 3.91. The molecule has 2 aliphatic heterocycles. The molecule has 1 aromatic carbocycles. The summed E-state index contributed by atoms with van der Waals surface area (Å²) in [5.41, 5.74) is 1.83. The van der Waals surface area contributed by atoms with Crippen molar-refractivity contribution in [2.24, 2.45) is 13.0 Å². The first kappa shape index (κ1) is 18.0. The summed E-state index contributed by atoms with van der Waals surface area (Å²) >= 11 is 0. The lowest BCUT2D eigenvalue weighted by Gasteiger charge is -2.47. The third kappa shape index (κ3) is 3.34. The third-order valence-corrected chi connectivity index (χ3v) is 6.17. The molecule has 1 aromatic heterocycles. The largest absolute Gasteiger partial charge is 0.351 e. The van der Waals surface area contributed by atoms with Crippen molar-refractivity contribution in [1.82, 2.24) is 19.7 Å². The van der Waals surface area contributed by atoms with Crippen LogP contribution in [0.5, 0.6) is 0 Å². The number of nitrogens with zero attached hydrogens (tertiary/aromatic N) is 3. The van der Waals surface area contributed by atoms with Gasteiger partial charge in [-0.1, -0.05) is 6.07 Å². The second kappa shape index (κ2) is 7.35.